The van der Waals surface area contributed by atoms with Crippen molar-refractivity contribution >= 4 is 40.2 Å². The predicted molar refractivity (Wildman–Crippen MR) is 108 cm³/mol. The number of rotatable bonds is 7. The molecule has 2 amide bonds. The third kappa shape index (κ3) is 3.51. The molecule has 3 aromatic heterocycles. The summed E-state index contributed by atoms with van der Waals surface area (Å²) in [5.74, 6) is -0.557. The summed E-state index contributed by atoms with van der Waals surface area (Å²) in [6, 6.07) is 0. The molecule has 162 valence electrons. The highest BCUT2D eigenvalue weighted by Crippen LogP contribution is 2.35. The lowest BCUT2D eigenvalue weighted by molar-refractivity contribution is -0.149. The lowest BCUT2D eigenvalue weighted by Gasteiger charge is -2.23. The van der Waals surface area contributed by atoms with Crippen LogP contribution in [0.3, 0.4) is 0 Å². The van der Waals surface area contributed by atoms with Crippen molar-refractivity contribution in [1.29, 1.82) is 0 Å². The zero-order chi connectivity index (χ0) is 22.0. The van der Waals surface area contributed by atoms with Gasteiger partial charge in [0, 0.05) is 38.8 Å². The molecule has 3 aromatic rings. The number of carbonyl (C=O) groups excluding carboxylic acids is 2. The number of fused-ring (bicyclic) bond motifs is 1. The first-order chi connectivity index (χ1) is 15.0. The summed E-state index contributed by atoms with van der Waals surface area (Å²) in [6.07, 6.45) is 3.16. The van der Waals surface area contributed by atoms with Gasteiger partial charge in [0.2, 0.25) is 11.5 Å². The molecule has 0 spiro atoms. The Morgan fingerprint density at radius 2 is 2.13 bits per heavy atom. The van der Waals surface area contributed by atoms with Crippen molar-refractivity contribution in [3.05, 3.63) is 18.0 Å². The van der Waals surface area contributed by atoms with Crippen LogP contribution in [0, 0.1) is 0 Å². The van der Waals surface area contributed by atoms with Crippen LogP contribution in [0.5, 0.6) is 0 Å². The Morgan fingerprint density at radius 3 is 2.81 bits per heavy atom. The maximum atomic E-state index is 12.6. The summed E-state index contributed by atoms with van der Waals surface area (Å²) in [4.78, 5) is 34.7. The van der Waals surface area contributed by atoms with E-state index in [2.05, 4.69) is 51.8 Å². The smallest absolute Gasteiger partial charge is 0.267 e. The minimum absolute atomic E-state index is 0.0656. The highest BCUT2D eigenvalue weighted by molar-refractivity contribution is 6.13. The number of oxime groups is 1. The summed E-state index contributed by atoms with van der Waals surface area (Å²) in [5, 5.41) is 31.2. The summed E-state index contributed by atoms with van der Waals surface area (Å²) < 4.78 is 1.74. The minimum atomic E-state index is -1.46. The van der Waals surface area contributed by atoms with Crippen LogP contribution in [0.25, 0.3) is 11.0 Å². The molecule has 4 rings (SSSR count). The number of nitrogens with zero attached hydrogens (tertiary/aromatic N) is 7. The van der Waals surface area contributed by atoms with E-state index < -0.39 is 11.5 Å². The lowest BCUT2D eigenvalue weighted by atomic mass is 9.89. The van der Waals surface area contributed by atoms with Crippen molar-refractivity contribution in [3.8, 4) is 0 Å². The molecule has 1 atom stereocenters. The van der Waals surface area contributed by atoms with E-state index in [0.717, 1.165) is 0 Å². The van der Waals surface area contributed by atoms with Gasteiger partial charge in [0.25, 0.3) is 11.9 Å². The minimum Gasteiger partial charge on any atom is -0.378 e. The number of aryl methyl sites for hydroxylation is 1. The summed E-state index contributed by atoms with van der Waals surface area (Å²) in [5.41, 5.74) is 0.782. The van der Waals surface area contributed by atoms with Crippen molar-refractivity contribution in [3.63, 3.8) is 0 Å². The zero-order valence-corrected chi connectivity index (χ0v) is 17.1. The maximum absolute atomic E-state index is 12.6. The monoisotopic (exact) mass is 427 g/mol. The van der Waals surface area contributed by atoms with E-state index in [4.69, 9.17) is 4.84 Å². The Bertz CT molecular complexity index is 1150. The Labute approximate surface area is 175 Å². The Morgan fingerprint density at radius 1 is 1.29 bits per heavy atom. The van der Waals surface area contributed by atoms with Gasteiger partial charge in [-0.05, 0) is 12.1 Å². The topological polar surface area (TPSA) is 177 Å². The van der Waals surface area contributed by atoms with Gasteiger partial charge in [0.15, 0.2) is 5.65 Å². The highest BCUT2D eigenvalue weighted by Gasteiger charge is 2.48. The van der Waals surface area contributed by atoms with Crippen molar-refractivity contribution in [2.24, 2.45) is 5.16 Å². The zero-order valence-electron chi connectivity index (χ0n) is 17.1. The van der Waals surface area contributed by atoms with E-state index in [1.807, 2.05) is 6.92 Å². The molecule has 1 aliphatic heterocycles. The summed E-state index contributed by atoms with van der Waals surface area (Å²) >= 11 is 0. The first-order valence-corrected chi connectivity index (χ1v) is 9.54. The van der Waals surface area contributed by atoms with Gasteiger partial charge in [-0.1, -0.05) is 10.3 Å². The molecule has 0 aliphatic carbocycles. The normalized spacial score (nSPS) is 17.8. The molecule has 14 heteroatoms. The number of anilines is 2. The molecule has 4 heterocycles. The standard InChI is InChI=1S/C17H21N11O3/c1-4-28-14-10(8-21-28)13(22-16-23-26-27-24-16)9(7-20-14)11-5-17(31-25-11,15(30)19-3)6-12(29)18-2/h7-8H,4-6H2,1-3H3,(H,18,29)(H,19,30)(H2,20,22,23,24,26,27). The Kier molecular flexibility index (Phi) is 5.19. The largest absolute Gasteiger partial charge is 0.378 e. The second-order valence-corrected chi connectivity index (χ2v) is 6.83. The highest BCUT2D eigenvalue weighted by atomic mass is 16.7. The number of hydrogen-bond donors (Lipinski definition) is 4. The van der Waals surface area contributed by atoms with Crippen molar-refractivity contribution in [1.82, 2.24) is 46.0 Å². The fourth-order valence-corrected chi connectivity index (χ4v) is 3.43. The quantitative estimate of drug-likeness (QED) is 0.385. The molecule has 1 unspecified atom stereocenters. The number of amides is 2. The molecule has 0 radical (unpaired) electrons. The second-order valence-electron chi connectivity index (χ2n) is 6.83. The first-order valence-electron chi connectivity index (χ1n) is 9.54. The molecular formula is C17H21N11O3. The number of hydrogen-bond acceptors (Lipinski definition) is 10. The predicted octanol–water partition coefficient (Wildman–Crippen LogP) is -0.547. The van der Waals surface area contributed by atoms with Crippen LogP contribution < -0.4 is 16.0 Å². The van der Waals surface area contributed by atoms with Gasteiger partial charge in [-0.2, -0.15) is 10.3 Å². The van der Waals surface area contributed by atoms with Crippen molar-refractivity contribution in [2.75, 3.05) is 19.4 Å². The Hall–Kier alpha value is -4.10. The number of H-pyrrole nitrogens is 1. The molecule has 0 fully saturated rings. The van der Waals surface area contributed by atoms with Crippen LogP contribution in [0.2, 0.25) is 0 Å². The number of likely N-dealkylation sites (N-methyl/N-ethyl adjacent to an activating group) is 1. The Balaban J connectivity index is 1.77. The van der Waals surface area contributed by atoms with Crippen molar-refractivity contribution in [2.45, 2.75) is 31.9 Å². The maximum Gasteiger partial charge on any atom is 0.267 e. The molecule has 0 bridgehead atoms. The van der Waals surface area contributed by atoms with Gasteiger partial charge >= 0.3 is 0 Å². The van der Waals surface area contributed by atoms with Crippen LogP contribution in [-0.2, 0) is 21.0 Å². The van der Waals surface area contributed by atoms with Gasteiger partial charge < -0.3 is 20.8 Å². The summed E-state index contributed by atoms with van der Waals surface area (Å²) in [6.45, 7) is 2.59. The molecule has 31 heavy (non-hydrogen) atoms. The number of carbonyl (C=O) groups is 2. The van der Waals surface area contributed by atoms with E-state index in [1.165, 1.54) is 14.1 Å². The first kappa shape index (κ1) is 20.2. The number of nitrogens with one attached hydrogen (secondary N) is 4. The van der Waals surface area contributed by atoms with Crippen LogP contribution in [0.15, 0.2) is 17.5 Å². The van der Waals surface area contributed by atoms with E-state index in [9.17, 15) is 9.59 Å². The number of pyridine rings is 1. The lowest BCUT2D eigenvalue weighted by Crippen LogP contribution is -2.48. The van der Waals surface area contributed by atoms with E-state index >= 15 is 0 Å². The molecule has 1 aliphatic rings. The fourth-order valence-electron chi connectivity index (χ4n) is 3.43. The van der Waals surface area contributed by atoms with Crippen LogP contribution in [0.4, 0.5) is 11.6 Å². The van der Waals surface area contributed by atoms with Gasteiger partial charge in [0.1, 0.15) is 0 Å². The van der Waals surface area contributed by atoms with Crippen LogP contribution in [-0.4, -0.2) is 72.6 Å². The summed E-state index contributed by atoms with van der Waals surface area (Å²) in [7, 11) is 2.97. The van der Waals surface area contributed by atoms with Crippen LogP contribution >= 0.6 is 0 Å². The van der Waals surface area contributed by atoms with E-state index in [0.29, 0.717) is 34.5 Å². The van der Waals surface area contributed by atoms with E-state index in [1.54, 1.807) is 17.1 Å². The van der Waals surface area contributed by atoms with E-state index in [-0.39, 0.29) is 24.7 Å². The van der Waals surface area contributed by atoms with Crippen molar-refractivity contribution < 1.29 is 14.4 Å². The van der Waals surface area contributed by atoms with Gasteiger partial charge in [-0.15, -0.1) is 5.10 Å². The average Bonchev–Trinajstić information content (AvgIpc) is 3.53. The van der Waals surface area contributed by atoms with Crippen LogP contribution in [0.1, 0.15) is 25.3 Å². The third-order valence-electron chi connectivity index (χ3n) is 5.01. The second kappa shape index (κ2) is 7.97. The molecule has 0 aromatic carbocycles. The van der Waals surface area contributed by atoms with Gasteiger partial charge in [-0.3, -0.25) is 9.59 Å². The molecule has 0 saturated heterocycles. The molecule has 4 N–H and O–H groups in total. The molecule has 0 saturated carbocycles. The SMILES string of the molecule is CCn1ncc2c(Nc3nn[nH]n3)c(C3=NOC(CC(=O)NC)(C(=O)NC)C3)cnc21. The number of aromatic nitrogens is 7. The van der Waals surface area contributed by atoms with Gasteiger partial charge in [-0.25, -0.2) is 9.67 Å². The third-order valence-corrected chi connectivity index (χ3v) is 5.01. The number of aromatic amines is 1. The molecule has 14 nitrogen and oxygen atoms in total. The van der Waals surface area contributed by atoms with Gasteiger partial charge in [0.05, 0.1) is 29.4 Å². The fraction of sp³-hybridized carbons (Fsp3) is 0.412. The molecular weight excluding hydrogens is 406 g/mol. The number of tetrazole rings is 1. The average molecular weight is 427 g/mol.